The molecule has 0 saturated carbocycles. The Balaban J connectivity index is 2.15. The molecule has 2 aromatic carbocycles. The predicted octanol–water partition coefficient (Wildman–Crippen LogP) is 5.29. The summed E-state index contributed by atoms with van der Waals surface area (Å²) in [6, 6.07) is 19.0. The van der Waals surface area contributed by atoms with Crippen LogP contribution in [0.1, 0.15) is 24.9 Å². The topological polar surface area (TPSA) is 4.93 Å². The lowest BCUT2D eigenvalue weighted by atomic mass is 10.0. The summed E-state index contributed by atoms with van der Waals surface area (Å²) in [5.74, 6) is 0. The molecule has 0 fully saturated rings. The van der Waals surface area contributed by atoms with Crippen molar-refractivity contribution in [2.75, 3.05) is 0 Å². The molecule has 0 spiro atoms. The summed E-state index contributed by atoms with van der Waals surface area (Å²) in [4.78, 5) is 0. The minimum Gasteiger partial charge on any atom is -0.340 e. The van der Waals surface area contributed by atoms with Gasteiger partial charge in [0.15, 0.2) is 0 Å². The Hall–Kier alpha value is -1.73. The zero-order chi connectivity index (χ0) is 13.2. The van der Waals surface area contributed by atoms with E-state index in [9.17, 15) is 0 Å². The fourth-order valence-electron chi connectivity index (χ4n) is 2.69. The lowest BCUT2D eigenvalue weighted by Crippen LogP contribution is -2.08. The van der Waals surface area contributed by atoms with Crippen molar-refractivity contribution < 1.29 is 0 Å². The van der Waals surface area contributed by atoms with Gasteiger partial charge in [-0.2, -0.15) is 0 Å². The molecule has 96 valence electrons. The van der Waals surface area contributed by atoms with Crippen LogP contribution in [-0.2, 0) is 0 Å². The van der Waals surface area contributed by atoms with Crippen LogP contribution in [0.4, 0.5) is 0 Å². The van der Waals surface area contributed by atoms with Gasteiger partial charge in [-0.05, 0) is 35.6 Å². The minimum absolute atomic E-state index is 0.286. The van der Waals surface area contributed by atoms with E-state index in [0.29, 0.717) is 0 Å². The molecule has 0 amide bonds. The van der Waals surface area contributed by atoms with E-state index >= 15 is 0 Å². The predicted molar refractivity (Wildman–Crippen MR) is 81.8 cm³/mol. The molecule has 0 bridgehead atoms. The molecule has 0 saturated heterocycles. The first-order chi connectivity index (χ1) is 9.31. The third-order valence-electron chi connectivity index (χ3n) is 3.62. The second kappa shape index (κ2) is 5.10. The molecule has 19 heavy (non-hydrogen) atoms. The standard InChI is InChI=1S/C17H16ClN/c1-2-16(14-8-4-5-9-15(14)18)19-12-11-13-7-3-6-10-17(13)19/h3-12,16H,2H2,1H3. The third kappa shape index (κ3) is 2.15. The maximum Gasteiger partial charge on any atom is 0.0597 e. The van der Waals surface area contributed by atoms with Gasteiger partial charge in [-0.1, -0.05) is 54.9 Å². The smallest absolute Gasteiger partial charge is 0.0597 e. The van der Waals surface area contributed by atoms with E-state index in [1.54, 1.807) is 0 Å². The van der Waals surface area contributed by atoms with Crippen LogP contribution >= 0.6 is 11.6 Å². The zero-order valence-corrected chi connectivity index (χ0v) is 11.6. The van der Waals surface area contributed by atoms with Gasteiger partial charge in [-0.25, -0.2) is 0 Å². The number of nitrogens with zero attached hydrogens (tertiary/aromatic N) is 1. The Morgan fingerprint density at radius 1 is 1.00 bits per heavy atom. The minimum atomic E-state index is 0.286. The van der Waals surface area contributed by atoms with Crippen molar-refractivity contribution in [3.8, 4) is 0 Å². The van der Waals surface area contributed by atoms with Crippen molar-refractivity contribution in [3.63, 3.8) is 0 Å². The number of fused-ring (bicyclic) bond motifs is 1. The molecular weight excluding hydrogens is 254 g/mol. The quantitative estimate of drug-likeness (QED) is 0.608. The Labute approximate surface area is 118 Å². The first kappa shape index (κ1) is 12.3. The van der Waals surface area contributed by atoms with E-state index in [1.165, 1.54) is 16.5 Å². The van der Waals surface area contributed by atoms with Gasteiger partial charge in [0.1, 0.15) is 0 Å². The van der Waals surface area contributed by atoms with Gasteiger partial charge in [0, 0.05) is 16.7 Å². The highest BCUT2D eigenvalue weighted by atomic mass is 35.5. The number of aromatic nitrogens is 1. The normalized spacial score (nSPS) is 12.7. The summed E-state index contributed by atoms with van der Waals surface area (Å²) in [5, 5.41) is 2.11. The second-order valence-corrected chi connectivity index (χ2v) is 5.13. The number of halogens is 1. The molecule has 1 unspecified atom stereocenters. The summed E-state index contributed by atoms with van der Waals surface area (Å²) in [6.45, 7) is 2.20. The van der Waals surface area contributed by atoms with E-state index in [2.05, 4.69) is 60.2 Å². The molecule has 1 nitrogen and oxygen atoms in total. The van der Waals surface area contributed by atoms with Crippen LogP contribution in [0.2, 0.25) is 5.02 Å². The van der Waals surface area contributed by atoms with E-state index in [0.717, 1.165) is 11.4 Å². The fourth-order valence-corrected chi connectivity index (χ4v) is 2.95. The van der Waals surface area contributed by atoms with Crippen LogP contribution in [0.15, 0.2) is 60.8 Å². The molecule has 3 rings (SSSR count). The number of benzene rings is 2. The summed E-state index contributed by atoms with van der Waals surface area (Å²) >= 11 is 6.35. The number of rotatable bonds is 3. The molecule has 1 aromatic heterocycles. The van der Waals surface area contributed by atoms with Crippen LogP contribution in [0.25, 0.3) is 10.9 Å². The maximum absolute atomic E-state index is 6.35. The number of hydrogen-bond acceptors (Lipinski definition) is 0. The van der Waals surface area contributed by atoms with Crippen molar-refractivity contribution in [2.24, 2.45) is 0 Å². The largest absolute Gasteiger partial charge is 0.340 e. The molecule has 0 aliphatic heterocycles. The first-order valence-electron chi connectivity index (χ1n) is 6.61. The van der Waals surface area contributed by atoms with Crippen molar-refractivity contribution in [2.45, 2.75) is 19.4 Å². The second-order valence-electron chi connectivity index (χ2n) is 4.73. The van der Waals surface area contributed by atoms with E-state index < -0.39 is 0 Å². The number of para-hydroxylation sites is 1. The highest BCUT2D eigenvalue weighted by Crippen LogP contribution is 2.31. The van der Waals surface area contributed by atoms with Crippen molar-refractivity contribution in [1.29, 1.82) is 0 Å². The Kier molecular flexibility index (Phi) is 3.31. The van der Waals surface area contributed by atoms with Gasteiger partial charge >= 0.3 is 0 Å². The molecule has 1 atom stereocenters. The highest BCUT2D eigenvalue weighted by Gasteiger charge is 2.15. The SMILES string of the molecule is CCC(c1ccccc1Cl)n1ccc2ccccc21. The Morgan fingerprint density at radius 2 is 1.74 bits per heavy atom. The van der Waals surface area contributed by atoms with Crippen LogP contribution in [0.3, 0.4) is 0 Å². The van der Waals surface area contributed by atoms with Gasteiger partial charge in [0.25, 0.3) is 0 Å². The van der Waals surface area contributed by atoms with Crippen LogP contribution in [0, 0.1) is 0 Å². The van der Waals surface area contributed by atoms with E-state index in [1.807, 2.05) is 12.1 Å². The maximum atomic E-state index is 6.35. The van der Waals surface area contributed by atoms with Crippen molar-refractivity contribution in [1.82, 2.24) is 4.57 Å². The molecule has 1 heterocycles. The van der Waals surface area contributed by atoms with Crippen molar-refractivity contribution >= 4 is 22.5 Å². The van der Waals surface area contributed by atoms with Gasteiger partial charge in [0.2, 0.25) is 0 Å². The molecular formula is C17H16ClN. The summed E-state index contributed by atoms with van der Waals surface area (Å²) in [6.07, 6.45) is 3.17. The highest BCUT2D eigenvalue weighted by molar-refractivity contribution is 6.31. The van der Waals surface area contributed by atoms with Crippen LogP contribution < -0.4 is 0 Å². The molecule has 2 heteroatoms. The monoisotopic (exact) mass is 269 g/mol. The molecule has 0 aliphatic carbocycles. The average molecular weight is 270 g/mol. The Bertz CT molecular complexity index is 699. The third-order valence-corrected chi connectivity index (χ3v) is 3.96. The zero-order valence-electron chi connectivity index (χ0n) is 10.9. The van der Waals surface area contributed by atoms with Crippen LogP contribution in [-0.4, -0.2) is 4.57 Å². The van der Waals surface area contributed by atoms with Gasteiger partial charge in [-0.3, -0.25) is 0 Å². The van der Waals surface area contributed by atoms with E-state index in [-0.39, 0.29) is 6.04 Å². The van der Waals surface area contributed by atoms with E-state index in [4.69, 9.17) is 11.6 Å². The Morgan fingerprint density at radius 3 is 2.53 bits per heavy atom. The summed E-state index contributed by atoms with van der Waals surface area (Å²) in [5.41, 5.74) is 2.45. The van der Waals surface area contributed by atoms with Crippen LogP contribution in [0.5, 0.6) is 0 Å². The first-order valence-corrected chi connectivity index (χ1v) is 6.99. The molecule has 3 aromatic rings. The molecule has 0 aliphatic rings. The lowest BCUT2D eigenvalue weighted by Gasteiger charge is -2.20. The van der Waals surface area contributed by atoms with Crippen molar-refractivity contribution in [3.05, 3.63) is 71.4 Å². The average Bonchev–Trinajstić information content (AvgIpc) is 2.86. The van der Waals surface area contributed by atoms with Gasteiger partial charge in [-0.15, -0.1) is 0 Å². The number of hydrogen-bond donors (Lipinski definition) is 0. The molecule has 0 N–H and O–H groups in total. The van der Waals surface area contributed by atoms with Gasteiger partial charge in [0.05, 0.1) is 6.04 Å². The lowest BCUT2D eigenvalue weighted by molar-refractivity contribution is 0.585. The molecule has 0 radical (unpaired) electrons. The fraction of sp³-hybridized carbons (Fsp3) is 0.176. The summed E-state index contributed by atoms with van der Waals surface area (Å²) in [7, 11) is 0. The van der Waals surface area contributed by atoms with Gasteiger partial charge < -0.3 is 4.57 Å². The summed E-state index contributed by atoms with van der Waals surface area (Å²) < 4.78 is 2.32.